The van der Waals surface area contributed by atoms with Gasteiger partial charge in [0.2, 0.25) is 0 Å². The van der Waals surface area contributed by atoms with Crippen LogP contribution in [0.4, 0.5) is 5.82 Å². The Bertz CT molecular complexity index is 1010. The molecule has 2 aromatic carbocycles. The Balaban J connectivity index is 1.85. The van der Waals surface area contributed by atoms with Crippen LogP contribution in [0.3, 0.4) is 0 Å². The minimum Gasteiger partial charge on any atom is -0.497 e. The molecule has 130 valence electrons. The molecule has 0 aliphatic rings. The molecule has 0 amide bonds. The number of anilines is 1. The van der Waals surface area contributed by atoms with E-state index in [4.69, 9.17) is 4.74 Å². The molecule has 0 bridgehead atoms. The monoisotopic (exact) mass is 343 g/mol. The van der Waals surface area contributed by atoms with Gasteiger partial charge in [0, 0.05) is 28.4 Å². The van der Waals surface area contributed by atoms with Gasteiger partial charge in [-0.05, 0) is 42.8 Å². The summed E-state index contributed by atoms with van der Waals surface area (Å²) in [6.45, 7) is 2.12. The van der Waals surface area contributed by atoms with E-state index in [1.165, 1.54) is 10.9 Å². The van der Waals surface area contributed by atoms with E-state index < -0.39 is 0 Å². The predicted molar refractivity (Wildman–Crippen MR) is 106 cm³/mol. The fourth-order valence-corrected chi connectivity index (χ4v) is 3.38. The molecule has 1 atom stereocenters. The molecule has 0 spiro atoms. The second kappa shape index (κ2) is 6.92. The molecular weight excluding hydrogens is 322 g/mol. The number of hydrogen-bond acceptors (Lipinski definition) is 3. The average Bonchev–Trinajstić information content (AvgIpc) is 3.03. The second-order valence-corrected chi connectivity index (χ2v) is 6.27. The van der Waals surface area contributed by atoms with Crippen molar-refractivity contribution in [2.24, 2.45) is 0 Å². The number of rotatable bonds is 5. The molecule has 1 unspecified atom stereocenters. The Morgan fingerprint density at radius 1 is 0.962 bits per heavy atom. The first-order chi connectivity index (χ1) is 12.8. The highest BCUT2D eigenvalue weighted by atomic mass is 16.5. The molecule has 4 aromatic rings. The highest BCUT2D eigenvalue weighted by Crippen LogP contribution is 2.34. The maximum atomic E-state index is 5.31. The Kier molecular flexibility index (Phi) is 4.32. The quantitative estimate of drug-likeness (QED) is 0.531. The van der Waals surface area contributed by atoms with Crippen molar-refractivity contribution in [3.8, 4) is 5.75 Å². The molecule has 4 nitrogen and oxygen atoms in total. The Morgan fingerprint density at radius 2 is 1.73 bits per heavy atom. The molecule has 0 aliphatic carbocycles. The molecule has 2 N–H and O–H groups in total. The normalized spacial score (nSPS) is 12.1. The third-order valence-electron chi connectivity index (χ3n) is 4.64. The van der Waals surface area contributed by atoms with Crippen LogP contribution < -0.4 is 10.1 Å². The summed E-state index contributed by atoms with van der Waals surface area (Å²) in [6.07, 6.45) is 1.80. The number of methoxy groups -OCH3 is 1. The van der Waals surface area contributed by atoms with E-state index in [1.54, 1.807) is 13.3 Å². The van der Waals surface area contributed by atoms with Gasteiger partial charge in [0.05, 0.1) is 13.2 Å². The highest BCUT2D eigenvalue weighted by molar-refractivity contribution is 5.86. The number of aromatic amines is 1. The summed E-state index contributed by atoms with van der Waals surface area (Å²) >= 11 is 0. The maximum Gasteiger partial charge on any atom is 0.126 e. The third kappa shape index (κ3) is 3.02. The van der Waals surface area contributed by atoms with Crippen LogP contribution >= 0.6 is 0 Å². The Morgan fingerprint density at radius 3 is 2.46 bits per heavy atom. The fraction of sp³-hybridized carbons (Fsp3) is 0.136. The van der Waals surface area contributed by atoms with E-state index in [0.29, 0.717) is 0 Å². The number of H-pyrrole nitrogens is 1. The zero-order valence-electron chi connectivity index (χ0n) is 14.9. The lowest BCUT2D eigenvalue weighted by Gasteiger charge is -2.21. The number of benzene rings is 2. The molecular formula is C22H21N3O. The first-order valence-corrected chi connectivity index (χ1v) is 8.65. The molecule has 4 heteroatoms. The first-order valence-electron chi connectivity index (χ1n) is 8.65. The molecule has 0 saturated carbocycles. The number of fused-ring (bicyclic) bond motifs is 1. The number of aromatic nitrogens is 2. The molecule has 0 fully saturated rings. The first kappa shape index (κ1) is 16.2. The summed E-state index contributed by atoms with van der Waals surface area (Å²) in [5.74, 6) is 1.69. The van der Waals surface area contributed by atoms with Crippen molar-refractivity contribution in [2.75, 3.05) is 12.4 Å². The van der Waals surface area contributed by atoms with Crippen LogP contribution in [0.15, 0.2) is 72.9 Å². The SMILES string of the molecule is COc1ccc(C(Nc2ccccn2)c2c(C)[nH]c3ccccc23)cc1. The van der Waals surface area contributed by atoms with Gasteiger partial charge in [-0.15, -0.1) is 0 Å². The van der Waals surface area contributed by atoms with Gasteiger partial charge in [-0.1, -0.05) is 36.4 Å². The maximum absolute atomic E-state index is 5.31. The molecule has 2 heterocycles. The van der Waals surface area contributed by atoms with Crippen LogP contribution in [0.5, 0.6) is 5.75 Å². The molecule has 0 saturated heterocycles. The molecule has 2 aromatic heterocycles. The van der Waals surface area contributed by atoms with Crippen molar-refractivity contribution in [1.29, 1.82) is 0 Å². The molecule has 4 rings (SSSR count). The summed E-state index contributed by atoms with van der Waals surface area (Å²) in [6, 6.07) is 22.4. The number of aryl methyl sites for hydroxylation is 1. The average molecular weight is 343 g/mol. The summed E-state index contributed by atoms with van der Waals surface area (Å²) < 4.78 is 5.31. The number of pyridine rings is 1. The van der Waals surface area contributed by atoms with Crippen molar-refractivity contribution >= 4 is 16.7 Å². The van der Waals surface area contributed by atoms with Crippen molar-refractivity contribution < 1.29 is 4.74 Å². The minimum absolute atomic E-state index is 0.0213. The van der Waals surface area contributed by atoms with E-state index in [1.807, 2.05) is 30.3 Å². The van der Waals surface area contributed by atoms with Gasteiger partial charge in [-0.3, -0.25) is 0 Å². The number of hydrogen-bond donors (Lipinski definition) is 2. The third-order valence-corrected chi connectivity index (χ3v) is 4.64. The number of ether oxygens (including phenoxy) is 1. The van der Waals surface area contributed by atoms with Gasteiger partial charge in [0.15, 0.2) is 0 Å². The lowest BCUT2D eigenvalue weighted by molar-refractivity contribution is 0.414. The number of nitrogens with one attached hydrogen (secondary N) is 2. The molecule has 0 aliphatic heterocycles. The van der Waals surface area contributed by atoms with Crippen LogP contribution in [0.1, 0.15) is 22.9 Å². The summed E-state index contributed by atoms with van der Waals surface area (Å²) in [7, 11) is 1.68. The smallest absolute Gasteiger partial charge is 0.126 e. The lowest BCUT2D eigenvalue weighted by Crippen LogP contribution is -2.14. The molecule has 26 heavy (non-hydrogen) atoms. The standard InChI is InChI=1S/C22H21N3O/c1-15-21(18-7-3-4-8-19(18)24-15)22(25-20-9-5-6-14-23-20)16-10-12-17(26-2)13-11-16/h3-14,22,24H,1-2H3,(H,23,25). The van der Waals surface area contributed by atoms with E-state index in [0.717, 1.165) is 28.3 Å². The predicted octanol–water partition coefficient (Wildman–Crippen LogP) is 5.08. The van der Waals surface area contributed by atoms with Crippen LogP contribution in [0, 0.1) is 6.92 Å². The lowest BCUT2D eigenvalue weighted by atomic mass is 9.96. The van der Waals surface area contributed by atoms with Crippen LogP contribution in [0.25, 0.3) is 10.9 Å². The summed E-state index contributed by atoms with van der Waals surface area (Å²) in [5.41, 5.74) is 4.68. The van der Waals surface area contributed by atoms with Gasteiger partial charge in [-0.2, -0.15) is 0 Å². The summed E-state index contributed by atoms with van der Waals surface area (Å²) in [4.78, 5) is 7.95. The number of para-hydroxylation sites is 1. The zero-order valence-corrected chi connectivity index (χ0v) is 14.9. The van der Waals surface area contributed by atoms with Crippen molar-refractivity contribution in [1.82, 2.24) is 9.97 Å². The van der Waals surface area contributed by atoms with Crippen LogP contribution in [-0.4, -0.2) is 17.1 Å². The Hall–Kier alpha value is -3.27. The van der Waals surface area contributed by atoms with Gasteiger partial charge >= 0.3 is 0 Å². The van der Waals surface area contributed by atoms with Crippen molar-refractivity contribution in [2.45, 2.75) is 13.0 Å². The molecule has 0 radical (unpaired) electrons. The zero-order chi connectivity index (χ0) is 17.9. The van der Waals surface area contributed by atoms with Crippen molar-refractivity contribution in [3.05, 3.63) is 89.7 Å². The Labute approximate surface area is 152 Å². The number of nitrogens with zero attached hydrogens (tertiary/aromatic N) is 1. The van der Waals surface area contributed by atoms with Crippen molar-refractivity contribution in [3.63, 3.8) is 0 Å². The van der Waals surface area contributed by atoms with E-state index in [9.17, 15) is 0 Å². The topological polar surface area (TPSA) is 49.9 Å². The van der Waals surface area contributed by atoms with Crippen LogP contribution in [0.2, 0.25) is 0 Å². The van der Waals surface area contributed by atoms with E-state index in [-0.39, 0.29) is 6.04 Å². The van der Waals surface area contributed by atoms with Gasteiger partial charge in [-0.25, -0.2) is 4.98 Å². The van der Waals surface area contributed by atoms with Gasteiger partial charge < -0.3 is 15.0 Å². The van der Waals surface area contributed by atoms with Gasteiger partial charge in [0.25, 0.3) is 0 Å². The highest BCUT2D eigenvalue weighted by Gasteiger charge is 2.21. The minimum atomic E-state index is -0.0213. The largest absolute Gasteiger partial charge is 0.497 e. The second-order valence-electron chi connectivity index (χ2n) is 6.27. The van der Waals surface area contributed by atoms with E-state index in [2.05, 4.69) is 58.6 Å². The van der Waals surface area contributed by atoms with Gasteiger partial charge in [0.1, 0.15) is 11.6 Å². The summed E-state index contributed by atoms with van der Waals surface area (Å²) in [5, 5.41) is 4.81. The fourth-order valence-electron chi connectivity index (χ4n) is 3.38. The van der Waals surface area contributed by atoms with Crippen LogP contribution in [-0.2, 0) is 0 Å². The van der Waals surface area contributed by atoms with E-state index >= 15 is 0 Å².